The van der Waals surface area contributed by atoms with Crippen LogP contribution in [0.1, 0.15) is 18.1 Å². The van der Waals surface area contributed by atoms with E-state index in [1.807, 2.05) is 12.3 Å². The zero-order chi connectivity index (χ0) is 18.4. The summed E-state index contributed by atoms with van der Waals surface area (Å²) < 4.78 is 0. The quantitative estimate of drug-likeness (QED) is 0.845. The van der Waals surface area contributed by atoms with Crippen molar-refractivity contribution >= 4 is 11.7 Å². The van der Waals surface area contributed by atoms with E-state index < -0.39 is 0 Å². The van der Waals surface area contributed by atoms with E-state index in [0.29, 0.717) is 0 Å². The first kappa shape index (κ1) is 16.3. The molecule has 0 saturated carbocycles. The smallest absolute Gasteiger partial charge is 0.248 e. The molecule has 136 valence electrons. The van der Waals surface area contributed by atoms with Gasteiger partial charge in [0.2, 0.25) is 5.91 Å². The molecule has 0 fully saturated rings. The number of hydrogen-bond donors (Lipinski definition) is 1. The second-order valence-corrected chi connectivity index (χ2v) is 7.50. The molecule has 0 aromatic heterocycles. The number of amidine groups is 1. The summed E-state index contributed by atoms with van der Waals surface area (Å²) in [6.45, 7) is 6.01. The van der Waals surface area contributed by atoms with Gasteiger partial charge >= 0.3 is 0 Å². The summed E-state index contributed by atoms with van der Waals surface area (Å²) in [5, 5.41) is 3.05. The third-order valence-electron chi connectivity index (χ3n) is 5.51. The van der Waals surface area contributed by atoms with Crippen molar-refractivity contribution < 1.29 is 4.79 Å². The number of carbonyl (C=O) groups is 1. The molecule has 4 aliphatic rings. The van der Waals surface area contributed by atoms with Gasteiger partial charge in [0.05, 0.1) is 5.70 Å². The van der Waals surface area contributed by atoms with Gasteiger partial charge in [0.1, 0.15) is 5.84 Å². The van der Waals surface area contributed by atoms with Crippen LogP contribution in [-0.4, -0.2) is 41.2 Å². The number of amides is 1. The summed E-state index contributed by atoms with van der Waals surface area (Å²) in [7, 11) is 0. The zero-order valence-electron chi connectivity index (χ0n) is 15.4. The molecule has 1 N–H and O–H groups in total. The Hall–Kier alpha value is -2.92. The molecule has 5 nitrogen and oxygen atoms in total. The summed E-state index contributed by atoms with van der Waals surface area (Å²) in [6, 6.07) is 8.70. The Morgan fingerprint density at radius 3 is 2.70 bits per heavy atom. The van der Waals surface area contributed by atoms with Crippen molar-refractivity contribution in [1.29, 1.82) is 0 Å². The highest BCUT2D eigenvalue weighted by atomic mass is 16.1. The van der Waals surface area contributed by atoms with E-state index in [1.165, 1.54) is 5.56 Å². The summed E-state index contributed by atoms with van der Waals surface area (Å²) in [4.78, 5) is 21.3. The van der Waals surface area contributed by atoms with Crippen molar-refractivity contribution in [2.24, 2.45) is 10.9 Å². The molecule has 0 aliphatic carbocycles. The van der Waals surface area contributed by atoms with Gasteiger partial charge in [0.25, 0.3) is 0 Å². The Balaban J connectivity index is 1.44. The lowest BCUT2D eigenvalue weighted by Gasteiger charge is -2.28. The number of nitrogens with zero attached hydrogens (tertiary/aromatic N) is 3. The van der Waals surface area contributed by atoms with Crippen LogP contribution < -0.4 is 5.32 Å². The summed E-state index contributed by atoms with van der Waals surface area (Å²) >= 11 is 0. The molecule has 1 atom stereocenters. The first-order chi connectivity index (χ1) is 13.2. The molecule has 0 unspecified atom stereocenters. The molecule has 4 aliphatic heterocycles. The van der Waals surface area contributed by atoms with Crippen LogP contribution in [0.5, 0.6) is 0 Å². The number of carbonyl (C=O) groups excluding carboxylic acids is 1. The van der Waals surface area contributed by atoms with E-state index in [2.05, 4.69) is 58.5 Å². The van der Waals surface area contributed by atoms with Gasteiger partial charge in [0.15, 0.2) is 0 Å². The van der Waals surface area contributed by atoms with Crippen LogP contribution in [0.3, 0.4) is 0 Å². The number of allylic oxidation sites excluding steroid dienone is 1. The maximum atomic E-state index is 12.0. The summed E-state index contributed by atoms with van der Waals surface area (Å²) in [5.41, 5.74) is 5.50. The maximum Gasteiger partial charge on any atom is 0.248 e. The highest BCUT2D eigenvalue weighted by molar-refractivity contribution is 6.03. The molecule has 5 rings (SSSR count). The lowest BCUT2D eigenvalue weighted by Crippen LogP contribution is -2.32. The standard InChI is InChI=1S/C22H22N4O/c1-15-13-26-21-18(8-9-19(27)24-20(15)21)12-23-22(26)17-6-4-16(5-7-17)14-25-10-2-3-11-25/h2-9,12,15H,10-11,13-14H2,1H3,(H,24,27)/t15-/m0/s1. The van der Waals surface area contributed by atoms with Crippen molar-refractivity contribution in [2.75, 3.05) is 19.6 Å². The molecule has 0 spiro atoms. The highest BCUT2D eigenvalue weighted by Crippen LogP contribution is 2.36. The lowest BCUT2D eigenvalue weighted by molar-refractivity contribution is -0.115. The fraction of sp³-hybridized carbons (Fsp3) is 0.273. The van der Waals surface area contributed by atoms with Crippen LogP contribution in [0, 0.1) is 5.92 Å². The van der Waals surface area contributed by atoms with Crippen LogP contribution >= 0.6 is 0 Å². The average molecular weight is 358 g/mol. The first-order valence-electron chi connectivity index (χ1n) is 9.45. The number of rotatable bonds is 3. The highest BCUT2D eigenvalue weighted by Gasteiger charge is 2.36. The molecule has 1 aromatic carbocycles. The van der Waals surface area contributed by atoms with E-state index in [9.17, 15) is 4.79 Å². The minimum atomic E-state index is -0.0659. The monoisotopic (exact) mass is 358 g/mol. The zero-order valence-corrected chi connectivity index (χ0v) is 15.4. The molecule has 0 saturated heterocycles. The molecule has 5 heteroatoms. The Morgan fingerprint density at radius 1 is 1.15 bits per heavy atom. The Morgan fingerprint density at radius 2 is 1.93 bits per heavy atom. The molecular weight excluding hydrogens is 336 g/mol. The fourth-order valence-corrected chi connectivity index (χ4v) is 4.14. The summed E-state index contributed by atoms with van der Waals surface area (Å²) in [5.74, 6) is 1.15. The van der Waals surface area contributed by atoms with Crippen molar-refractivity contribution in [3.8, 4) is 0 Å². The predicted octanol–water partition coefficient (Wildman–Crippen LogP) is 2.55. The van der Waals surface area contributed by atoms with E-state index in [1.54, 1.807) is 6.08 Å². The van der Waals surface area contributed by atoms with Gasteiger partial charge < -0.3 is 10.2 Å². The topological polar surface area (TPSA) is 47.9 Å². The van der Waals surface area contributed by atoms with Crippen molar-refractivity contribution in [2.45, 2.75) is 13.5 Å². The van der Waals surface area contributed by atoms with E-state index in [4.69, 9.17) is 4.99 Å². The molecule has 0 bridgehead atoms. The molecule has 0 radical (unpaired) electrons. The number of hydrogen-bond acceptors (Lipinski definition) is 4. The minimum absolute atomic E-state index is 0.0659. The third kappa shape index (κ3) is 2.84. The third-order valence-corrected chi connectivity index (χ3v) is 5.51. The number of nitrogens with one attached hydrogen (secondary N) is 1. The van der Waals surface area contributed by atoms with Crippen LogP contribution in [0.4, 0.5) is 0 Å². The second kappa shape index (κ2) is 6.35. The summed E-state index contributed by atoms with van der Waals surface area (Å²) in [6.07, 6.45) is 9.75. The van der Waals surface area contributed by atoms with Crippen LogP contribution in [0.15, 0.2) is 76.7 Å². The van der Waals surface area contributed by atoms with Crippen molar-refractivity contribution in [3.05, 3.63) is 82.9 Å². The van der Waals surface area contributed by atoms with Crippen molar-refractivity contribution in [1.82, 2.24) is 15.1 Å². The lowest BCUT2D eigenvalue weighted by atomic mass is 10.1. The Kier molecular flexibility index (Phi) is 3.83. The largest absolute Gasteiger partial charge is 0.324 e. The molecule has 1 aromatic rings. The maximum absolute atomic E-state index is 12.0. The van der Waals surface area contributed by atoms with Gasteiger partial charge in [-0.05, 0) is 11.6 Å². The van der Waals surface area contributed by atoms with Gasteiger partial charge in [-0.15, -0.1) is 0 Å². The van der Waals surface area contributed by atoms with Crippen LogP contribution in [0.25, 0.3) is 0 Å². The second-order valence-electron chi connectivity index (χ2n) is 7.50. The normalized spacial score (nSPS) is 24.0. The van der Waals surface area contributed by atoms with Gasteiger partial charge in [-0.3, -0.25) is 9.69 Å². The molecule has 4 heterocycles. The van der Waals surface area contributed by atoms with Gasteiger partial charge in [-0.1, -0.05) is 43.3 Å². The van der Waals surface area contributed by atoms with E-state index >= 15 is 0 Å². The molecular formula is C22H22N4O. The van der Waals surface area contributed by atoms with Crippen LogP contribution in [-0.2, 0) is 11.3 Å². The molecule has 27 heavy (non-hydrogen) atoms. The van der Waals surface area contributed by atoms with Crippen LogP contribution in [0.2, 0.25) is 0 Å². The van der Waals surface area contributed by atoms with Gasteiger partial charge in [-0.2, -0.15) is 0 Å². The fourth-order valence-electron chi connectivity index (χ4n) is 4.14. The van der Waals surface area contributed by atoms with E-state index in [-0.39, 0.29) is 11.8 Å². The average Bonchev–Trinajstić information content (AvgIpc) is 3.24. The van der Waals surface area contributed by atoms with E-state index in [0.717, 1.165) is 54.5 Å². The number of aliphatic imine (C=N–C) groups is 1. The predicted molar refractivity (Wildman–Crippen MR) is 106 cm³/mol. The Labute approximate surface area is 159 Å². The van der Waals surface area contributed by atoms with Gasteiger partial charge in [-0.25, -0.2) is 4.99 Å². The Bertz CT molecular complexity index is 941. The molecule has 1 amide bonds. The van der Waals surface area contributed by atoms with Gasteiger partial charge in [0, 0.05) is 61.2 Å². The minimum Gasteiger partial charge on any atom is -0.324 e. The first-order valence-corrected chi connectivity index (χ1v) is 9.45. The SMILES string of the molecule is C[C@H]1CN2C(c3ccc(CN4CC=CC4)cc3)=NC=C3C=CC(=O)NC1=C32. The number of benzene rings is 1. The van der Waals surface area contributed by atoms with Crippen molar-refractivity contribution in [3.63, 3.8) is 0 Å².